The van der Waals surface area contributed by atoms with Crippen molar-refractivity contribution < 1.29 is 4.74 Å². The number of aromatic nitrogens is 1. The van der Waals surface area contributed by atoms with Crippen molar-refractivity contribution in [3.63, 3.8) is 0 Å². The number of methoxy groups -OCH3 is 1. The van der Waals surface area contributed by atoms with Gasteiger partial charge in [-0.15, -0.1) is 0 Å². The summed E-state index contributed by atoms with van der Waals surface area (Å²) in [5.74, 6) is 1.10. The van der Waals surface area contributed by atoms with Gasteiger partial charge in [0, 0.05) is 17.3 Å². The lowest BCUT2D eigenvalue weighted by Crippen LogP contribution is -2.15. The Morgan fingerprint density at radius 2 is 2.00 bits per heavy atom. The molecule has 1 aromatic carbocycles. The summed E-state index contributed by atoms with van der Waals surface area (Å²) in [5, 5.41) is 0.505. The van der Waals surface area contributed by atoms with Crippen molar-refractivity contribution in [2.45, 2.75) is 13.0 Å². The third-order valence-electron chi connectivity index (χ3n) is 2.98. The second-order valence-electron chi connectivity index (χ2n) is 4.35. The van der Waals surface area contributed by atoms with Gasteiger partial charge in [-0.05, 0) is 24.6 Å². The molecule has 2 rings (SSSR count). The van der Waals surface area contributed by atoms with Gasteiger partial charge in [-0.2, -0.15) is 0 Å². The molecule has 0 saturated heterocycles. The summed E-state index contributed by atoms with van der Waals surface area (Å²) in [6.45, 7) is 1.99. The van der Waals surface area contributed by atoms with E-state index in [9.17, 15) is 0 Å². The first-order chi connectivity index (χ1) is 9.02. The maximum absolute atomic E-state index is 6.25. The van der Waals surface area contributed by atoms with Gasteiger partial charge in [0.2, 0.25) is 0 Å². The molecule has 1 atom stereocenters. The molecule has 0 bridgehead atoms. The first-order valence-corrected chi connectivity index (χ1v) is 6.21. The Hall–Kier alpha value is -1.78. The quantitative estimate of drug-likeness (QED) is 0.904. The first kappa shape index (κ1) is 13.6. The summed E-state index contributed by atoms with van der Waals surface area (Å²) in [5.41, 5.74) is 14.8. The molecule has 0 fully saturated rings. The van der Waals surface area contributed by atoms with E-state index >= 15 is 0 Å². The standard InChI is InChI=1S/C14H16ClN3O/c1-8-3-4-10(12(5-8)19-2)13(16)11-6-9(15)7-18-14(11)17/h3-7,13H,16H2,1-2H3,(H2,17,18). The van der Waals surface area contributed by atoms with E-state index in [0.29, 0.717) is 16.4 Å². The zero-order valence-corrected chi connectivity index (χ0v) is 11.6. The van der Waals surface area contributed by atoms with Crippen LogP contribution in [-0.4, -0.2) is 12.1 Å². The minimum atomic E-state index is -0.429. The number of nitrogens with two attached hydrogens (primary N) is 2. The predicted octanol–water partition coefficient (Wildman–Crippen LogP) is 2.68. The molecule has 0 amide bonds. The minimum absolute atomic E-state index is 0.375. The maximum Gasteiger partial charge on any atom is 0.128 e. The average Bonchev–Trinajstić information content (AvgIpc) is 2.40. The van der Waals surface area contributed by atoms with Crippen LogP contribution in [0.1, 0.15) is 22.7 Å². The van der Waals surface area contributed by atoms with Crippen LogP contribution < -0.4 is 16.2 Å². The van der Waals surface area contributed by atoms with Crippen molar-refractivity contribution in [2.75, 3.05) is 12.8 Å². The van der Waals surface area contributed by atoms with Crippen LogP contribution in [0.3, 0.4) is 0 Å². The largest absolute Gasteiger partial charge is 0.496 e. The number of ether oxygens (including phenoxy) is 1. The second-order valence-corrected chi connectivity index (χ2v) is 4.79. The lowest BCUT2D eigenvalue weighted by Gasteiger charge is -2.18. The SMILES string of the molecule is COc1cc(C)ccc1C(N)c1cc(Cl)cnc1N. The van der Waals surface area contributed by atoms with Crippen LogP contribution >= 0.6 is 11.6 Å². The van der Waals surface area contributed by atoms with E-state index in [1.807, 2.05) is 25.1 Å². The van der Waals surface area contributed by atoms with Gasteiger partial charge in [0.25, 0.3) is 0 Å². The van der Waals surface area contributed by atoms with Crippen molar-refractivity contribution in [3.05, 3.63) is 52.2 Å². The van der Waals surface area contributed by atoms with Crippen LogP contribution in [0, 0.1) is 6.92 Å². The number of benzene rings is 1. The second kappa shape index (κ2) is 5.47. The number of aryl methyl sites for hydroxylation is 1. The van der Waals surface area contributed by atoms with Gasteiger partial charge in [-0.3, -0.25) is 0 Å². The molecule has 100 valence electrons. The first-order valence-electron chi connectivity index (χ1n) is 5.84. The van der Waals surface area contributed by atoms with Gasteiger partial charge < -0.3 is 16.2 Å². The van der Waals surface area contributed by atoms with E-state index in [1.54, 1.807) is 13.2 Å². The molecule has 0 aliphatic carbocycles. The zero-order valence-electron chi connectivity index (χ0n) is 10.9. The highest BCUT2D eigenvalue weighted by molar-refractivity contribution is 6.30. The molecule has 1 heterocycles. The fourth-order valence-electron chi connectivity index (χ4n) is 1.96. The molecule has 1 unspecified atom stereocenters. The van der Waals surface area contributed by atoms with Crippen molar-refractivity contribution in [3.8, 4) is 5.75 Å². The van der Waals surface area contributed by atoms with E-state index in [1.165, 1.54) is 6.20 Å². The number of pyridine rings is 1. The lowest BCUT2D eigenvalue weighted by molar-refractivity contribution is 0.407. The van der Waals surface area contributed by atoms with Crippen LogP contribution in [0.5, 0.6) is 5.75 Å². The Kier molecular flexibility index (Phi) is 3.93. The fourth-order valence-corrected chi connectivity index (χ4v) is 2.12. The van der Waals surface area contributed by atoms with Gasteiger partial charge >= 0.3 is 0 Å². The van der Waals surface area contributed by atoms with E-state index in [-0.39, 0.29) is 0 Å². The smallest absolute Gasteiger partial charge is 0.128 e. The van der Waals surface area contributed by atoms with E-state index in [0.717, 1.165) is 16.9 Å². The molecule has 0 saturated carbocycles. The third kappa shape index (κ3) is 2.80. The topological polar surface area (TPSA) is 74.2 Å². The molecular formula is C14H16ClN3O. The molecule has 1 aromatic heterocycles. The van der Waals surface area contributed by atoms with Gasteiger partial charge in [0.05, 0.1) is 18.2 Å². The van der Waals surface area contributed by atoms with Crippen molar-refractivity contribution in [1.29, 1.82) is 0 Å². The Morgan fingerprint density at radius 1 is 1.26 bits per heavy atom. The third-order valence-corrected chi connectivity index (χ3v) is 3.18. The Balaban J connectivity index is 2.49. The van der Waals surface area contributed by atoms with E-state index in [2.05, 4.69) is 4.98 Å². The molecule has 0 spiro atoms. The molecule has 0 radical (unpaired) electrons. The molecule has 0 aliphatic rings. The number of hydrogen-bond donors (Lipinski definition) is 2. The van der Waals surface area contributed by atoms with Crippen LogP contribution in [-0.2, 0) is 0 Å². The maximum atomic E-state index is 6.25. The summed E-state index contributed by atoms with van der Waals surface area (Å²) in [6.07, 6.45) is 1.50. The monoisotopic (exact) mass is 277 g/mol. The van der Waals surface area contributed by atoms with Crippen LogP contribution in [0.2, 0.25) is 5.02 Å². The number of nitrogens with zero attached hydrogens (tertiary/aromatic N) is 1. The molecule has 5 heteroatoms. The van der Waals surface area contributed by atoms with Crippen molar-refractivity contribution >= 4 is 17.4 Å². The molecule has 0 aliphatic heterocycles. The number of anilines is 1. The predicted molar refractivity (Wildman–Crippen MR) is 77.4 cm³/mol. The van der Waals surface area contributed by atoms with E-state index in [4.69, 9.17) is 27.8 Å². The fraction of sp³-hybridized carbons (Fsp3) is 0.214. The summed E-state index contributed by atoms with van der Waals surface area (Å²) in [7, 11) is 1.62. The average molecular weight is 278 g/mol. The summed E-state index contributed by atoms with van der Waals surface area (Å²) in [6, 6.07) is 7.14. The Bertz CT molecular complexity index is 601. The lowest BCUT2D eigenvalue weighted by atomic mass is 9.98. The molecule has 4 nitrogen and oxygen atoms in total. The number of nitrogen functional groups attached to an aromatic ring is 1. The highest BCUT2D eigenvalue weighted by Gasteiger charge is 2.17. The number of rotatable bonds is 3. The van der Waals surface area contributed by atoms with Gasteiger partial charge in [-0.1, -0.05) is 23.7 Å². The van der Waals surface area contributed by atoms with Gasteiger partial charge in [0.1, 0.15) is 11.6 Å². The van der Waals surface area contributed by atoms with Crippen LogP contribution in [0.4, 0.5) is 5.82 Å². The Morgan fingerprint density at radius 3 is 2.68 bits per heavy atom. The molecule has 4 N–H and O–H groups in total. The summed E-state index contributed by atoms with van der Waals surface area (Å²) < 4.78 is 5.36. The highest BCUT2D eigenvalue weighted by atomic mass is 35.5. The normalized spacial score (nSPS) is 12.2. The number of hydrogen-bond acceptors (Lipinski definition) is 4. The van der Waals surface area contributed by atoms with Crippen molar-refractivity contribution in [2.24, 2.45) is 5.73 Å². The van der Waals surface area contributed by atoms with E-state index < -0.39 is 6.04 Å². The van der Waals surface area contributed by atoms with Crippen LogP contribution in [0.25, 0.3) is 0 Å². The highest BCUT2D eigenvalue weighted by Crippen LogP contribution is 2.32. The zero-order chi connectivity index (χ0) is 14.0. The van der Waals surface area contributed by atoms with Gasteiger partial charge in [0.15, 0.2) is 0 Å². The molecular weight excluding hydrogens is 262 g/mol. The summed E-state index contributed by atoms with van der Waals surface area (Å²) >= 11 is 5.94. The molecule has 19 heavy (non-hydrogen) atoms. The summed E-state index contributed by atoms with van der Waals surface area (Å²) in [4.78, 5) is 4.02. The Labute approximate surface area is 117 Å². The minimum Gasteiger partial charge on any atom is -0.496 e. The van der Waals surface area contributed by atoms with Crippen LogP contribution in [0.15, 0.2) is 30.5 Å². The number of halogens is 1. The van der Waals surface area contributed by atoms with Crippen molar-refractivity contribution in [1.82, 2.24) is 4.98 Å². The van der Waals surface area contributed by atoms with Gasteiger partial charge in [-0.25, -0.2) is 4.98 Å². The molecule has 2 aromatic rings.